The minimum Gasteiger partial charge on any atom is -0.454 e. The monoisotopic (exact) mass is 544 g/mol. The molecule has 2 aromatic carbocycles. The third kappa shape index (κ3) is 4.64. The molecule has 2 amide bonds. The molecule has 3 aromatic rings. The molecular formula is C26H23F3N4O4S. The zero-order valence-electron chi connectivity index (χ0n) is 20.1. The molecule has 3 heterocycles. The Morgan fingerprint density at radius 1 is 1.03 bits per heavy atom. The number of amides is 2. The predicted octanol–water partition coefficient (Wildman–Crippen LogP) is 4.52. The van der Waals surface area contributed by atoms with Crippen molar-refractivity contribution in [3.8, 4) is 11.5 Å². The first kappa shape index (κ1) is 24.5. The number of aromatic nitrogens is 1. The van der Waals surface area contributed by atoms with Gasteiger partial charge in [-0.3, -0.25) is 14.9 Å². The Kier molecular flexibility index (Phi) is 6.13. The topological polar surface area (TPSA) is 84.0 Å². The molecule has 1 atom stereocenters. The molecule has 8 nitrogen and oxygen atoms in total. The number of rotatable bonds is 4. The first-order chi connectivity index (χ1) is 18.3. The van der Waals surface area contributed by atoms with Crippen molar-refractivity contribution in [1.29, 1.82) is 0 Å². The summed E-state index contributed by atoms with van der Waals surface area (Å²) >= 11 is 1.37. The summed E-state index contributed by atoms with van der Waals surface area (Å²) in [4.78, 5) is 35.3. The highest BCUT2D eigenvalue weighted by Crippen LogP contribution is 2.40. The second-order valence-corrected chi connectivity index (χ2v) is 10.4. The molecule has 6 rings (SSSR count). The molecular weight excluding hydrogens is 521 g/mol. The van der Waals surface area contributed by atoms with Crippen molar-refractivity contribution < 1.29 is 32.2 Å². The molecule has 0 radical (unpaired) electrons. The molecule has 3 aliphatic rings. The summed E-state index contributed by atoms with van der Waals surface area (Å²) in [6.45, 7) is 1.84. The summed E-state index contributed by atoms with van der Waals surface area (Å²) in [5, 5.41) is 3.25. The lowest BCUT2D eigenvalue weighted by atomic mass is 10.0. The first-order valence-electron chi connectivity index (χ1n) is 12.2. The Hall–Kier alpha value is -3.80. The van der Waals surface area contributed by atoms with Gasteiger partial charge >= 0.3 is 6.18 Å². The van der Waals surface area contributed by atoms with Gasteiger partial charge in [-0.2, -0.15) is 13.2 Å². The zero-order valence-corrected chi connectivity index (χ0v) is 20.9. The SMILES string of the molecule is O=C(Nc1nc2c(s1)CCC2C(=O)N1CCN(c2cccc(C(F)(F)F)c2)CC1)c1ccc2c(c1)OCO2. The molecule has 0 bridgehead atoms. The molecule has 1 aliphatic carbocycles. The fourth-order valence-electron chi connectivity index (χ4n) is 5.01. The molecule has 1 N–H and O–H groups in total. The van der Waals surface area contributed by atoms with Crippen molar-refractivity contribution >= 4 is 34.0 Å². The fraction of sp³-hybridized carbons (Fsp3) is 0.346. The van der Waals surface area contributed by atoms with Crippen LogP contribution in [0.2, 0.25) is 0 Å². The Labute approximate surface area is 220 Å². The van der Waals surface area contributed by atoms with E-state index in [2.05, 4.69) is 10.3 Å². The largest absolute Gasteiger partial charge is 0.454 e. The number of piperazine rings is 1. The van der Waals surface area contributed by atoms with Crippen LogP contribution in [-0.2, 0) is 17.4 Å². The van der Waals surface area contributed by atoms with Crippen LogP contribution in [0.5, 0.6) is 11.5 Å². The van der Waals surface area contributed by atoms with Crippen LogP contribution >= 0.6 is 11.3 Å². The number of carbonyl (C=O) groups is 2. The van der Waals surface area contributed by atoms with Crippen molar-refractivity contribution in [1.82, 2.24) is 9.88 Å². The Bertz CT molecular complexity index is 1400. The van der Waals surface area contributed by atoms with E-state index in [1.165, 1.54) is 17.4 Å². The van der Waals surface area contributed by atoms with Gasteiger partial charge < -0.3 is 19.3 Å². The number of carbonyl (C=O) groups excluding carboxylic acids is 2. The summed E-state index contributed by atoms with van der Waals surface area (Å²) in [5.41, 5.74) is 0.923. The van der Waals surface area contributed by atoms with E-state index in [9.17, 15) is 22.8 Å². The van der Waals surface area contributed by atoms with E-state index < -0.39 is 17.7 Å². The van der Waals surface area contributed by atoms with Gasteiger partial charge in [0.15, 0.2) is 16.6 Å². The summed E-state index contributed by atoms with van der Waals surface area (Å²) in [6.07, 6.45) is -3.05. The van der Waals surface area contributed by atoms with E-state index in [1.54, 1.807) is 29.2 Å². The van der Waals surface area contributed by atoms with Crippen LogP contribution in [0.1, 0.15) is 38.8 Å². The fourth-order valence-corrected chi connectivity index (χ4v) is 6.05. The number of nitrogens with zero attached hydrogens (tertiary/aromatic N) is 3. The molecule has 1 aromatic heterocycles. The number of hydrogen-bond donors (Lipinski definition) is 1. The maximum Gasteiger partial charge on any atom is 0.416 e. The van der Waals surface area contributed by atoms with Crippen molar-refractivity contribution in [2.24, 2.45) is 0 Å². The number of benzene rings is 2. The molecule has 0 spiro atoms. The summed E-state index contributed by atoms with van der Waals surface area (Å²) in [7, 11) is 0. The second kappa shape index (κ2) is 9.50. The smallest absolute Gasteiger partial charge is 0.416 e. The molecule has 0 saturated carbocycles. The first-order valence-corrected chi connectivity index (χ1v) is 13.0. The van der Waals surface area contributed by atoms with Gasteiger partial charge in [0, 0.05) is 42.3 Å². The Balaban J connectivity index is 1.09. The maximum absolute atomic E-state index is 13.4. The van der Waals surface area contributed by atoms with Crippen LogP contribution in [0.4, 0.5) is 24.0 Å². The number of ether oxygens (including phenoxy) is 2. The van der Waals surface area contributed by atoms with E-state index in [-0.39, 0.29) is 18.6 Å². The lowest BCUT2D eigenvalue weighted by Crippen LogP contribution is -2.50. The van der Waals surface area contributed by atoms with Crippen LogP contribution in [-0.4, -0.2) is 54.7 Å². The molecule has 2 aliphatic heterocycles. The number of fused-ring (bicyclic) bond motifs is 2. The van der Waals surface area contributed by atoms with Crippen molar-refractivity contribution in [3.63, 3.8) is 0 Å². The van der Waals surface area contributed by atoms with E-state index >= 15 is 0 Å². The maximum atomic E-state index is 13.4. The number of hydrogen-bond acceptors (Lipinski definition) is 7. The Morgan fingerprint density at radius 2 is 1.82 bits per heavy atom. The van der Waals surface area contributed by atoms with Gasteiger partial charge in [0.1, 0.15) is 0 Å². The van der Waals surface area contributed by atoms with Gasteiger partial charge in [-0.25, -0.2) is 4.98 Å². The normalized spacial score (nSPS) is 18.4. The number of anilines is 2. The quantitative estimate of drug-likeness (QED) is 0.520. The second-order valence-electron chi connectivity index (χ2n) is 9.30. The van der Waals surface area contributed by atoms with Crippen molar-refractivity contribution in [2.45, 2.75) is 24.9 Å². The van der Waals surface area contributed by atoms with Crippen LogP contribution in [0.25, 0.3) is 0 Å². The van der Waals surface area contributed by atoms with E-state index in [4.69, 9.17) is 9.47 Å². The minimum absolute atomic E-state index is 0.0358. The van der Waals surface area contributed by atoms with Gasteiger partial charge in [-0.1, -0.05) is 6.07 Å². The van der Waals surface area contributed by atoms with Gasteiger partial charge in [0.25, 0.3) is 5.91 Å². The predicted molar refractivity (Wildman–Crippen MR) is 134 cm³/mol. The van der Waals surface area contributed by atoms with Crippen LogP contribution in [0.15, 0.2) is 42.5 Å². The van der Waals surface area contributed by atoms with Crippen molar-refractivity contribution in [2.75, 3.05) is 43.2 Å². The number of alkyl halides is 3. The lowest BCUT2D eigenvalue weighted by Gasteiger charge is -2.37. The average Bonchev–Trinajstić information content (AvgIpc) is 3.63. The highest BCUT2D eigenvalue weighted by Gasteiger charge is 2.37. The Morgan fingerprint density at radius 3 is 2.61 bits per heavy atom. The number of thiazole rings is 1. The van der Waals surface area contributed by atoms with Crippen LogP contribution in [0.3, 0.4) is 0 Å². The third-order valence-corrected chi connectivity index (χ3v) is 8.05. The summed E-state index contributed by atoms with van der Waals surface area (Å²) < 4.78 is 49.9. The molecule has 38 heavy (non-hydrogen) atoms. The third-order valence-electron chi connectivity index (χ3n) is 7.00. The van der Waals surface area contributed by atoms with Gasteiger partial charge in [0.2, 0.25) is 12.7 Å². The standard InChI is InChI=1S/C26H23F3N4O4S/c27-26(28,29)16-2-1-3-17(13-16)32-8-10-33(11-9-32)24(35)18-5-7-21-22(18)30-25(38-21)31-23(34)15-4-6-19-20(12-15)37-14-36-19/h1-4,6,12-13,18H,5,7-11,14H2,(H,30,31,34). The summed E-state index contributed by atoms with van der Waals surface area (Å²) in [6, 6.07) is 10.2. The number of halogens is 3. The molecule has 12 heteroatoms. The molecule has 198 valence electrons. The molecule has 1 unspecified atom stereocenters. The van der Waals surface area contributed by atoms with E-state index in [0.29, 0.717) is 72.6 Å². The van der Waals surface area contributed by atoms with Crippen molar-refractivity contribution in [3.05, 3.63) is 64.2 Å². The average molecular weight is 545 g/mol. The number of nitrogens with one attached hydrogen (secondary N) is 1. The highest BCUT2D eigenvalue weighted by molar-refractivity contribution is 7.16. The highest BCUT2D eigenvalue weighted by atomic mass is 32.1. The number of aryl methyl sites for hydroxylation is 1. The molecule has 1 saturated heterocycles. The van der Waals surface area contributed by atoms with Crippen LogP contribution < -0.4 is 19.7 Å². The van der Waals surface area contributed by atoms with Gasteiger partial charge in [-0.15, -0.1) is 11.3 Å². The van der Waals surface area contributed by atoms with E-state index in [1.807, 2.05) is 4.90 Å². The van der Waals surface area contributed by atoms with Crippen LogP contribution in [0, 0.1) is 0 Å². The lowest BCUT2D eigenvalue weighted by molar-refractivity contribution is -0.137. The van der Waals surface area contributed by atoms with Gasteiger partial charge in [-0.05, 0) is 49.2 Å². The minimum atomic E-state index is -4.40. The van der Waals surface area contributed by atoms with Gasteiger partial charge in [0.05, 0.1) is 17.2 Å². The zero-order chi connectivity index (χ0) is 26.4. The molecule has 1 fully saturated rings. The van der Waals surface area contributed by atoms with E-state index in [0.717, 1.165) is 17.0 Å². The summed E-state index contributed by atoms with van der Waals surface area (Å²) in [5.74, 6) is 0.346.